The van der Waals surface area contributed by atoms with Crippen LogP contribution in [0.3, 0.4) is 0 Å². The third-order valence-electron chi connectivity index (χ3n) is 6.46. The highest BCUT2D eigenvalue weighted by molar-refractivity contribution is 7.86. The molecule has 9 nitrogen and oxygen atoms in total. The van der Waals surface area contributed by atoms with Crippen LogP contribution in [0.4, 0.5) is 0 Å². The lowest BCUT2D eigenvalue weighted by atomic mass is 9.79. The van der Waals surface area contributed by atoms with E-state index >= 15 is 0 Å². The predicted octanol–water partition coefficient (Wildman–Crippen LogP) is -1.17. The quantitative estimate of drug-likeness (QED) is 0.348. The van der Waals surface area contributed by atoms with Crippen LogP contribution in [-0.4, -0.2) is 91.7 Å². The summed E-state index contributed by atoms with van der Waals surface area (Å²) in [6.45, 7) is 5.90. The lowest BCUT2D eigenvalue weighted by Gasteiger charge is -2.41. The van der Waals surface area contributed by atoms with E-state index in [-0.39, 0.29) is 18.3 Å². The summed E-state index contributed by atoms with van der Waals surface area (Å²) in [6.07, 6.45) is 3.37. The van der Waals surface area contributed by atoms with E-state index in [0.29, 0.717) is 64.7 Å². The van der Waals surface area contributed by atoms with Gasteiger partial charge in [0.15, 0.2) is 0 Å². The molecule has 28 heavy (non-hydrogen) atoms. The molecule has 3 fully saturated rings. The molecular formula is C17H35BN4O5S. The predicted molar refractivity (Wildman–Crippen MR) is 108 cm³/mol. The first-order valence-corrected chi connectivity index (χ1v) is 11.8. The van der Waals surface area contributed by atoms with Crippen LogP contribution in [0.1, 0.15) is 32.6 Å². The summed E-state index contributed by atoms with van der Waals surface area (Å²) in [4.78, 5) is 0. The summed E-state index contributed by atoms with van der Waals surface area (Å²) >= 11 is 0. The molecule has 162 valence electrons. The summed E-state index contributed by atoms with van der Waals surface area (Å²) in [5.41, 5.74) is 5.84. The SMILES string of the molecule is C[C@]1(N)CN(S(=O)(=O)N(CC2CCOCC2)C2CNC2)C[C@@H]1CCCB(O)O. The van der Waals surface area contributed by atoms with E-state index in [4.69, 9.17) is 20.5 Å². The van der Waals surface area contributed by atoms with Gasteiger partial charge in [0.1, 0.15) is 0 Å². The van der Waals surface area contributed by atoms with Crippen LogP contribution in [0.15, 0.2) is 0 Å². The van der Waals surface area contributed by atoms with Crippen molar-refractivity contribution in [3.8, 4) is 0 Å². The molecule has 3 aliphatic rings. The van der Waals surface area contributed by atoms with Crippen molar-refractivity contribution in [2.24, 2.45) is 17.6 Å². The van der Waals surface area contributed by atoms with Gasteiger partial charge in [-0.25, -0.2) is 0 Å². The second kappa shape index (κ2) is 9.26. The van der Waals surface area contributed by atoms with E-state index in [0.717, 1.165) is 12.8 Å². The molecule has 0 bridgehead atoms. The minimum atomic E-state index is -3.60. The molecular weight excluding hydrogens is 383 g/mol. The fraction of sp³-hybridized carbons (Fsp3) is 1.00. The molecule has 0 aromatic rings. The van der Waals surface area contributed by atoms with E-state index in [9.17, 15) is 8.42 Å². The Morgan fingerprint density at radius 3 is 2.57 bits per heavy atom. The zero-order valence-corrected chi connectivity index (χ0v) is 17.6. The third-order valence-corrected chi connectivity index (χ3v) is 8.43. The van der Waals surface area contributed by atoms with Crippen LogP contribution in [0, 0.1) is 11.8 Å². The summed E-state index contributed by atoms with van der Waals surface area (Å²) in [7, 11) is -4.93. The summed E-state index contributed by atoms with van der Waals surface area (Å²) in [5, 5.41) is 21.3. The van der Waals surface area contributed by atoms with E-state index in [1.54, 1.807) is 8.61 Å². The second-order valence-corrected chi connectivity index (χ2v) is 10.7. The summed E-state index contributed by atoms with van der Waals surface area (Å²) < 4.78 is 35.7. The second-order valence-electron chi connectivity index (χ2n) is 8.85. The molecule has 0 unspecified atom stereocenters. The maximum absolute atomic E-state index is 13.5. The van der Waals surface area contributed by atoms with Crippen LogP contribution in [0.2, 0.25) is 6.32 Å². The lowest BCUT2D eigenvalue weighted by molar-refractivity contribution is 0.0545. The minimum Gasteiger partial charge on any atom is -0.427 e. The average molecular weight is 418 g/mol. The van der Waals surface area contributed by atoms with Crippen molar-refractivity contribution < 1.29 is 23.2 Å². The Hall–Kier alpha value is -0.265. The summed E-state index contributed by atoms with van der Waals surface area (Å²) in [6, 6.07) is 0.000427. The molecule has 5 N–H and O–H groups in total. The highest BCUT2D eigenvalue weighted by atomic mass is 32.2. The van der Waals surface area contributed by atoms with Gasteiger partial charge >= 0.3 is 7.12 Å². The molecule has 3 rings (SSSR count). The fourth-order valence-corrected chi connectivity index (χ4v) is 6.44. The molecule has 0 saturated carbocycles. The molecule has 3 saturated heterocycles. The van der Waals surface area contributed by atoms with Crippen LogP contribution >= 0.6 is 0 Å². The Kier molecular flexibility index (Phi) is 7.41. The fourth-order valence-electron chi connectivity index (χ4n) is 4.41. The van der Waals surface area contributed by atoms with Gasteiger partial charge in [-0.2, -0.15) is 17.0 Å². The van der Waals surface area contributed by atoms with Crippen molar-refractivity contribution in [3.63, 3.8) is 0 Å². The molecule has 2 atom stereocenters. The van der Waals surface area contributed by atoms with Crippen LogP contribution in [0.25, 0.3) is 0 Å². The number of hydrogen-bond donors (Lipinski definition) is 4. The van der Waals surface area contributed by atoms with Crippen molar-refractivity contribution in [2.75, 3.05) is 45.9 Å². The number of nitrogens with zero attached hydrogens (tertiary/aromatic N) is 2. The molecule has 0 spiro atoms. The number of rotatable bonds is 9. The molecule has 0 amide bonds. The van der Waals surface area contributed by atoms with Gasteiger partial charge in [-0.05, 0) is 44.3 Å². The standard InChI is InChI=1S/C17H35BN4O5S/c1-17(19)13-21(12-15(17)3-2-6-18(23)24)28(25,26)22(16-9-20-10-16)11-14-4-7-27-8-5-14/h14-16,20,23-24H,2-13,19H2,1H3/t15-,17-/m0/s1. The highest BCUT2D eigenvalue weighted by Crippen LogP contribution is 2.33. The normalized spacial score (nSPS) is 30.7. The summed E-state index contributed by atoms with van der Waals surface area (Å²) in [5.74, 6) is 0.336. The average Bonchev–Trinajstić information content (AvgIpc) is 2.89. The molecule has 0 aliphatic carbocycles. The Labute approximate surface area is 168 Å². The number of ether oxygens (including phenoxy) is 1. The van der Waals surface area contributed by atoms with Crippen molar-refractivity contribution in [3.05, 3.63) is 0 Å². The van der Waals surface area contributed by atoms with Gasteiger partial charge in [-0.1, -0.05) is 6.42 Å². The van der Waals surface area contributed by atoms with Crippen molar-refractivity contribution in [1.29, 1.82) is 0 Å². The lowest BCUT2D eigenvalue weighted by Crippen LogP contribution is -2.62. The van der Waals surface area contributed by atoms with Gasteiger partial charge in [0.2, 0.25) is 0 Å². The first kappa shape index (κ1) is 22.4. The molecule has 11 heteroatoms. The Balaban J connectivity index is 1.68. The molecule has 3 heterocycles. The van der Waals surface area contributed by atoms with Gasteiger partial charge < -0.3 is 25.8 Å². The largest absolute Gasteiger partial charge is 0.451 e. The van der Waals surface area contributed by atoms with Crippen LogP contribution in [0.5, 0.6) is 0 Å². The van der Waals surface area contributed by atoms with Gasteiger partial charge in [0, 0.05) is 51.5 Å². The van der Waals surface area contributed by atoms with E-state index in [2.05, 4.69) is 5.32 Å². The Morgan fingerprint density at radius 1 is 1.32 bits per heavy atom. The first-order valence-electron chi connectivity index (χ1n) is 10.4. The molecule has 0 radical (unpaired) electrons. The highest BCUT2D eigenvalue weighted by Gasteiger charge is 2.48. The van der Waals surface area contributed by atoms with E-state index in [1.165, 1.54) is 0 Å². The zero-order valence-electron chi connectivity index (χ0n) is 16.8. The van der Waals surface area contributed by atoms with Crippen LogP contribution in [-0.2, 0) is 14.9 Å². The van der Waals surface area contributed by atoms with Crippen molar-refractivity contribution in [1.82, 2.24) is 13.9 Å². The molecule has 0 aromatic heterocycles. The van der Waals surface area contributed by atoms with Crippen molar-refractivity contribution >= 4 is 17.3 Å². The van der Waals surface area contributed by atoms with E-state index in [1.807, 2.05) is 6.92 Å². The minimum absolute atomic E-state index is 0.000427. The maximum Gasteiger partial charge on any atom is 0.451 e. The number of hydrogen-bond acceptors (Lipinski definition) is 7. The molecule has 0 aromatic carbocycles. The van der Waals surface area contributed by atoms with Gasteiger partial charge in [-0.15, -0.1) is 0 Å². The third kappa shape index (κ3) is 5.26. The smallest absolute Gasteiger partial charge is 0.427 e. The van der Waals surface area contributed by atoms with E-state index < -0.39 is 22.9 Å². The number of nitrogens with one attached hydrogen (secondary N) is 1. The zero-order chi connectivity index (χ0) is 20.4. The Morgan fingerprint density at radius 2 is 2.00 bits per heavy atom. The topological polar surface area (TPSA) is 128 Å². The van der Waals surface area contributed by atoms with Crippen LogP contribution < -0.4 is 11.1 Å². The van der Waals surface area contributed by atoms with Crippen molar-refractivity contribution in [2.45, 2.75) is 50.5 Å². The van der Waals surface area contributed by atoms with Gasteiger partial charge in [-0.3, -0.25) is 0 Å². The van der Waals surface area contributed by atoms with Gasteiger partial charge in [0.05, 0.1) is 6.04 Å². The molecule has 3 aliphatic heterocycles. The first-order chi connectivity index (χ1) is 13.2. The monoisotopic (exact) mass is 418 g/mol. The number of nitrogens with two attached hydrogens (primary N) is 1. The Bertz CT molecular complexity index is 611. The van der Waals surface area contributed by atoms with Gasteiger partial charge in [0.25, 0.3) is 10.2 Å². The maximum atomic E-state index is 13.5.